The van der Waals surface area contributed by atoms with Crippen molar-refractivity contribution in [2.24, 2.45) is 4.99 Å². The van der Waals surface area contributed by atoms with E-state index in [-0.39, 0.29) is 17.3 Å². The zero-order valence-corrected chi connectivity index (χ0v) is 22.5. The number of likely N-dealkylation sites (N-methyl/N-ethyl adjacent to an activating group) is 1. The lowest BCUT2D eigenvalue weighted by Crippen LogP contribution is -2.43. The van der Waals surface area contributed by atoms with Gasteiger partial charge >= 0.3 is 5.76 Å². The Hall–Kier alpha value is -3.68. The quantitative estimate of drug-likeness (QED) is 0.405. The van der Waals surface area contributed by atoms with Gasteiger partial charge in [-0.2, -0.15) is 0 Å². The Morgan fingerprint density at radius 1 is 1.28 bits per heavy atom. The van der Waals surface area contributed by atoms with Gasteiger partial charge in [-0.1, -0.05) is 18.2 Å². The number of rotatable bonds is 8. The van der Waals surface area contributed by atoms with Crippen molar-refractivity contribution < 1.29 is 13.9 Å². The highest BCUT2D eigenvalue weighted by atomic mass is 16.5. The molecule has 2 aromatic rings. The van der Waals surface area contributed by atoms with E-state index in [1.165, 1.54) is 0 Å². The third-order valence-electron chi connectivity index (χ3n) is 6.53. The molecule has 192 valence electrons. The number of methoxy groups -OCH3 is 1. The summed E-state index contributed by atoms with van der Waals surface area (Å²) in [6.07, 6.45) is 8.31. The van der Waals surface area contributed by atoms with E-state index in [9.17, 15) is 9.59 Å². The second-order valence-corrected chi connectivity index (χ2v) is 10.1. The molecule has 1 N–H and O–H groups in total. The minimum atomic E-state index is -0.619. The largest absolute Gasteiger partial charge is 0.496 e. The van der Waals surface area contributed by atoms with Crippen LogP contribution in [-0.2, 0) is 11.2 Å². The SMILES string of the molecule is COc1cc(CC/C(C)=C(/N=C(\C)C2=CC=CC2)C(=O)N(C)C(C)(C)C)c(C)cc1-c1n[nH]c(=O)o1. The van der Waals surface area contributed by atoms with Gasteiger partial charge in [-0.15, -0.1) is 5.10 Å². The first-order valence-corrected chi connectivity index (χ1v) is 12.0. The van der Waals surface area contributed by atoms with Crippen molar-refractivity contribution in [2.45, 2.75) is 66.3 Å². The Morgan fingerprint density at radius 2 is 2.00 bits per heavy atom. The van der Waals surface area contributed by atoms with Crippen molar-refractivity contribution in [3.05, 3.63) is 68.9 Å². The predicted octanol–water partition coefficient (Wildman–Crippen LogP) is 5.16. The van der Waals surface area contributed by atoms with Crippen LogP contribution in [0.15, 0.2) is 61.4 Å². The van der Waals surface area contributed by atoms with Crippen molar-refractivity contribution >= 4 is 11.6 Å². The number of aryl methyl sites for hydroxylation is 2. The number of nitrogens with one attached hydrogen (secondary N) is 1. The summed E-state index contributed by atoms with van der Waals surface area (Å²) in [5.41, 5.74) is 5.71. The number of aliphatic imine (C=N–C) groups is 1. The van der Waals surface area contributed by atoms with Crippen LogP contribution in [0.4, 0.5) is 0 Å². The highest BCUT2D eigenvalue weighted by Gasteiger charge is 2.26. The number of hydrogen-bond acceptors (Lipinski definition) is 6. The van der Waals surface area contributed by atoms with Gasteiger partial charge in [-0.3, -0.25) is 4.79 Å². The van der Waals surface area contributed by atoms with Crippen LogP contribution in [0, 0.1) is 6.92 Å². The second kappa shape index (κ2) is 10.9. The maximum absolute atomic E-state index is 13.5. The molecule has 0 radical (unpaired) electrons. The first kappa shape index (κ1) is 26.9. The van der Waals surface area contributed by atoms with Crippen LogP contribution in [0.25, 0.3) is 11.5 Å². The fraction of sp³-hybridized carbons (Fsp3) is 0.429. The molecule has 0 unspecified atom stereocenters. The molecular formula is C28H36N4O4. The summed E-state index contributed by atoms with van der Waals surface area (Å²) in [5, 5.41) is 6.20. The van der Waals surface area contributed by atoms with Gasteiger partial charge in [-0.05, 0) is 95.2 Å². The van der Waals surface area contributed by atoms with Crippen LogP contribution in [0.5, 0.6) is 5.75 Å². The average molecular weight is 493 g/mol. The predicted molar refractivity (Wildman–Crippen MR) is 142 cm³/mol. The van der Waals surface area contributed by atoms with E-state index in [1.54, 1.807) is 12.0 Å². The number of benzene rings is 1. The summed E-state index contributed by atoms with van der Waals surface area (Å²) in [4.78, 5) is 31.5. The fourth-order valence-electron chi connectivity index (χ4n) is 3.87. The first-order chi connectivity index (χ1) is 16.9. The number of carbonyl (C=O) groups is 1. The van der Waals surface area contributed by atoms with Crippen LogP contribution in [0.3, 0.4) is 0 Å². The molecule has 0 saturated heterocycles. The summed E-state index contributed by atoms with van der Waals surface area (Å²) in [5.74, 6) is 0.0306. The van der Waals surface area contributed by atoms with Crippen molar-refractivity contribution in [2.75, 3.05) is 14.2 Å². The summed E-state index contributed by atoms with van der Waals surface area (Å²) >= 11 is 0. The molecule has 1 aliphatic rings. The molecule has 1 heterocycles. The molecule has 8 nitrogen and oxygen atoms in total. The molecule has 0 spiro atoms. The van der Waals surface area contributed by atoms with Crippen molar-refractivity contribution in [1.29, 1.82) is 0 Å². The summed E-state index contributed by atoms with van der Waals surface area (Å²) in [7, 11) is 3.38. The molecule has 1 aromatic heterocycles. The van der Waals surface area contributed by atoms with E-state index >= 15 is 0 Å². The Labute approximate surface area is 212 Å². The van der Waals surface area contributed by atoms with Crippen molar-refractivity contribution in [3.8, 4) is 17.2 Å². The van der Waals surface area contributed by atoms with Crippen LogP contribution in [0.1, 0.15) is 58.6 Å². The number of hydrogen-bond donors (Lipinski definition) is 1. The summed E-state index contributed by atoms with van der Waals surface area (Å²) < 4.78 is 10.7. The van der Waals surface area contributed by atoms with Crippen molar-refractivity contribution in [3.63, 3.8) is 0 Å². The van der Waals surface area contributed by atoms with Gasteiger partial charge in [0, 0.05) is 18.3 Å². The Morgan fingerprint density at radius 3 is 2.56 bits per heavy atom. The molecule has 0 fully saturated rings. The van der Waals surface area contributed by atoms with E-state index in [0.29, 0.717) is 29.9 Å². The van der Waals surface area contributed by atoms with Gasteiger partial charge in [0.2, 0.25) is 0 Å². The molecule has 1 aromatic carbocycles. The molecule has 36 heavy (non-hydrogen) atoms. The zero-order valence-electron chi connectivity index (χ0n) is 22.5. The van der Waals surface area contributed by atoms with Gasteiger partial charge in [0.1, 0.15) is 11.4 Å². The Bertz CT molecular complexity index is 1320. The first-order valence-electron chi connectivity index (χ1n) is 12.0. The van der Waals surface area contributed by atoms with Gasteiger partial charge in [0.15, 0.2) is 0 Å². The lowest BCUT2D eigenvalue weighted by molar-refractivity contribution is -0.130. The van der Waals surface area contributed by atoms with E-state index in [2.05, 4.69) is 16.3 Å². The topological polar surface area (TPSA) is 101 Å². The lowest BCUT2D eigenvalue weighted by atomic mass is 9.97. The van der Waals surface area contributed by atoms with Crippen molar-refractivity contribution in [1.82, 2.24) is 15.1 Å². The van der Waals surface area contributed by atoms with Gasteiger partial charge in [-0.25, -0.2) is 14.9 Å². The third-order valence-corrected chi connectivity index (χ3v) is 6.53. The average Bonchev–Trinajstić information content (AvgIpc) is 3.52. The maximum Gasteiger partial charge on any atom is 0.434 e. The highest BCUT2D eigenvalue weighted by Crippen LogP contribution is 2.32. The smallest absolute Gasteiger partial charge is 0.434 e. The van der Waals surface area contributed by atoms with Crippen LogP contribution in [0.2, 0.25) is 0 Å². The number of ether oxygens (including phenoxy) is 1. The molecular weight excluding hydrogens is 456 g/mol. The monoisotopic (exact) mass is 492 g/mol. The standard InChI is InChI=1S/C28H36N4O4/c1-17(24(26(33)32(7)28(4,5)6)29-19(3)20-11-9-10-12-20)13-14-21-16-23(35-8)22(15-18(21)2)25-30-31-27(34)36-25/h9-11,15-16H,12-14H2,1-8H3,(H,31,34)/b24-17+,29-19+. The lowest BCUT2D eigenvalue weighted by Gasteiger charge is -2.32. The summed E-state index contributed by atoms with van der Waals surface area (Å²) in [6, 6.07) is 3.83. The molecule has 3 rings (SSSR count). The van der Waals surface area contributed by atoms with Gasteiger partial charge in [0.25, 0.3) is 11.8 Å². The Balaban J connectivity index is 1.94. The van der Waals surface area contributed by atoms with Crippen LogP contribution in [-0.4, -0.2) is 46.4 Å². The second-order valence-electron chi connectivity index (χ2n) is 10.1. The molecule has 1 aliphatic carbocycles. The maximum atomic E-state index is 13.5. The minimum Gasteiger partial charge on any atom is -0.496 e. The summed E-state index contributed by atoms with van der Waals surface area (Å²) in [6.45, 7) is 11.9. The van der Waals surface area contributed by atoms with Gasteiger partial charge in [0.05, 0.1) is 12.7 Å². The molecule has 0 saturated carbocycles. The number of H-pyrrole nitrogens is 1. The van der Waals surface area contributed by atoms with Crippen LogP contribution < -0.4 is 10.5 Å². The van der Waals surface area contributed by atoms with Crippen LogP contribution >= 0.6 is 0 Å². The normalized spacial score (nSPS) is 14.6. The zero-order chi connectivity index (χ0) is 26.6. The molecule has 0 aliphatic heterocycles. The molecule has 0 bridgehead atoms. The number of aromatic amines is 1. The van der Waals surface area contributed by atoms with E-state index < -0.39 is 5.76 Å². The van der Waals surface area contributed by atoms with Gasteiger partial charge < -0.3 is 14.1 Å². The van der Waals surface area contributed by atoms with E-state index in [1.807, 2.05) is 72.9 Å². The van der Waals surface area contributed by atoms with E-state index in [0.717, 1.165) is 34.4 Å². The minimum absolute atomic E-state index is 0.0934. The number of carbonyl (C=O) groups excluding carboxylic acids is 1. The number of amides is 1. The molecule has 0 atom stereocenters. The fourth-order valence-corrected chi connectivity index (χ4v) is 3.87. The highest BCUT2D eigenvalue weighted by molar-refractivity contribution is 6.04. The number of nitrogens with zero attached hydrogens (tertiary/aromatic N) is 3. The molecule has 8 heteroatoms. The molecule has 1 amide bonds. The Kier molecular flexibility index (Phi) is 8.17. The van der Waals surface area contributed by atoms with E-state index in [4.69, 9.17) is 14.1 Å². The number of allylic oxidation sites excluding steroid dienone is 5. The number of aromatic nitrogens is 2. The third kappa shape index (κ3) is 6.11.